The van der Waals surface area contributed by atoms with Crippen LogP contribution < -0.4 is 10.1 Å². The average Bonchev–Trinajstić information content (AvgIpc) is 3.14. The highest BCUT2D eigenvalue weighted by atomic mass is 35.5. The Morgan fingerprint density at radius 2 is 1.71 bits per heavy atom. The second kappa shape index (κ2) is 11.6. The number of nitrogens with one attached hydrogen (secondary N) is 1. The van der Waals surface area contributed by atoms with Crippen molar-refractivity contribution in [2.24, 2.45) is 4.99 Å². The van der Waals surface area contributed by atoms with Crippen LogP contribution in [-0.2, 0) is 16.1 Å². The van der Waals surface area contributed by atoms with Crippen molar-refractivity contribution in [2.45, 2.75) is 23.8 Å². The topological polar surface area (TPSA) is 108 Å². The second-order valence-electron chi connectivity index (χ2n) is 8.09. The third-order valence-corrected chi connectivity index (χ3v) is 6.54. The summed E-state index contributed by atoms with van der Waals surface area (Å²) in [7, 11) is 0. The van der Waals surface area contributed by atoms with E-state index in [4.69, 9.17) is 16.7 Å². The summed E-state index contributed by atoms with van der Waals surface area (Å²) in [4.78, 5) is 43.0. The largest absolute Gasteiger partial charge is 0.487 e. The number of carbonyl (C=O) groups is 3. The first-order valence-corrected chi connectivity index (χ1v) is 12.4. The summed E-state index contributed by atoms with van der Waals surface area (Å²) in [5.41, 5.74) is -2.13. The Balaban J connectivity index is 1.51. The number of amidine groups is 1. The number of thioether (sulfide) groups is 1. The molecular formula is C26H20ClF2N3O5S. The van der Waals surface area contributed by atoms with Gasteiger partial charge in [0, 0.05) is 23.7 Å². The molecule has 3 aromatic rings. The molecule has 2 amide bonds. The number of aliphatic imine (C=N–C) groups is 1. The van der Waals surface area contributed by atoms with Crippen LogP contribution in [0.2, 0.25) is 0 Å². The minimum Gasteiger partial charge on any atom is -0.478 e. The molecule has 12 heteroatoms. The van der Waals surface area contributed by atoms with Crippen LogP contribution in [0.3, 0.4) is 0 Å². The van der Waals surface area contributed by atoms with Crippen molar-refractivity contribution in [1.82, 2.24) is 4.90 Å². The first kappa shape index (κ1) is 27.1. The second-order valence-corrected chi connectivity index (χ2v) is 9.70. The summed E-state index contributed by atoms with van der Waals surface area (Å²) < 4.78 is 30.1. The Morgan fingerprint density at radius 3 is 2.32 bits per heavy atom. The van der Waals surface area contributed by atoms with Crippen LogP contribution >= 0.6 is 23.4 Å². The van der Waals surface area contributed by atoms with E-state index in [0.29, 0.717) is 16.5 Å². The van der Waals surface area contributed by atoms with Crippen molar-refractivity contribution in [1.29, 1.82) is 0 Å². The van der Waals surface area contributed by atoms with E-state index in [9.17, 15) is 23.2 Å². The molecule has 0 bridgehead atoms. The number of benzene rings is 3. The van der Waals surface area contributed by atoms with Gasteiger partial charge in [0.1, 0.15) is 11.0 Å². The van der Waals surface area contributed by atoms with Crippen LogP contribution in [0.4, 0.5) is 20.2 Å². The summed E-state index contributed by atoms with van der Waals surface area (Å²) in [6, 6.07) is 20.3. The van der Waals surface area contributed by atoms with E-state index in [2.05, 4.69) is 15.0 Å². The van der Waals surface area contributed by atoms with E-state index in [0.717, 1.165) is 17.3 Å². The lowest BCUT2D eigenvalue weighted by molar-refractivity contribution is -0.128. The number of rotatable bonds is 9. The number of ether oxygens (including phenoxy) is 1. The summed E-state index contributed by atoms with van der Waals surface area (Å²) in [6.45, 7) is 0.222. The van der Waals surface area contributed by atoms with Gasteiger partial charge >= 0.3 is 11.5 Å². The zero-order valence-electron chi connectivity index (χ0n) is 19.5. The smallest absolute Gasteiger partial charge is 0.478 e. The Hall–Kier alpha value is -3.96. The lowest BCUT2D eigenvalue weighted by Crippen LogP contribution is -2.33. The van der Waals surface area contributed by atoms with Gasteiger partial charge < -0.3 is 15.2 Å². The van der Waals surface area contributed by atoms with Crippen molar-refractivity contribution in [3.63, 3.8) is 0 Å². The third-order valence-electron chi connectivity index (χ3n) is 5.28. The number of hydrogen-bond donors (Lipinski definition) is 2. The number of carboxylic acids is 1. The Bertz CT molecular complexity index is 1350. The molecule has 0 saturated carbocycles. The van der Waals surface area contributed by atoms with Crippen molar-refractivity contribution in [3.05, 3.63) is 90.0 Å². The van der Waals surface area contributed by atoms with Crippen LogP contribution in [0.1, 0.15) is 22.3 Å². The number of aromatic carboxylic acids is 1. The van der Waals surface area contributed by atoms with Gasteiger partial charge in [0.2, 0.25) is 11.8 Å². The lowest BCUT2D eigenvalue weighted by atomic mass is 10.2. The quantitative estimate of drug-likeness (QED) is 0.325. The van der Waals surface area contributed by atoms with Gasteiger partial charge in [-0.25, -0.2) is 9.79 Å². The van der Waals surface area contributed by atoms with Gasteiger partial charge in [-0.2, -0.15) is 0 Å². The first-order valence-electron chi connectivity index (χ1n) is 11.2. The maximum absolute atomic E-state index is 13.3. The van der Waals surface area contributed by atoms with Crippen molar-refractivity contribution >= 4 is 57.7 Å². The monoisotopic (exact) mass is 559 g/mol. The van der Waals surface area contributed by atoms with Gasteiger partial charge in [-0.1, -0.05) is 42.1 Å². The van der Waals surface area contributed by atoms with Gasteiger partial charge in [0.25, 0.3) is 0 Å². The third kappa shape index (κ3) is 7.30. The molecule has 38 heavy (non-hydrogen) atoms. The minimum atomic E-state index is -3.85. The van der Waals surface area contributed by atoms with E-state index in [1.807, 2.05) is 30.3 Å². The summed E-state index contributed by atoms with van der Waals surface area (Å²) in [5, 5.41) is 11.3. The maximum Gasteiger partial charge on any atom is 0.487 e. The number of alkyl halides is 3. The van der Waals surface area contributed by atoms with E-state index < -0.39 is 22.7 Å². The molecule has 0 unspecified atom stereocenters. The molecule has 196 valence electrons. The Kier molecular flexibility index (Phi) is 8.28. The van der Waals surface area contributed by atoms with Crippen molar-refractivity contribution in [2.75, 3.05) is 5.32 Å². The van der Waals surface area contributed by atoms with Gasteiger partial charge in [-0.05, 0) is 54.1 Å². The SMILES string of the molecule is O=C(C[C@@H]1SC(=Nc2ccc(OC(F)(F)Cl)cc2)N(Cc2ccccc2)C1=O)Nc1ccc(C(=O)O)cc1. The molecule has 0 spiro atoms. The molecule has 1 saturated heterocycles. The van der Waals surface area contributed by atoms with E-state index in [1.54, 1.807) is 0 Å². The number of hydrogen-bond acceptors (Lipinski definition) is 6. The summed E-state index contributed by atoms with van der Waals surface area (Å²) >= 11 is 5.91. The number of carbonyl (C=O) groups excluding carboxylic acids is 2. The number of carboxylic acid groups (broad SMARTS) is 1. The molecule has 1 heterocycles. The van der Waals surface area contributed by atoms with Gasteiger partial charge in [-0.15, -0.1) is 8.78 Å². The molecule has 1 atom stereocenters. The fraction of sp³-hybridized carbons (Fsp3) is 0.154. The van der Waals surface area contributed by atoms with Gasteiger partial charge in [-0.3, -0.25) is 14.5 Å². The number of amides is 2. The van der Waals surface area contributed by atoms with Crippen LogP contribution in [0.25, 0.3) is 0 Å². The summed E-state index contributed by atoms with van der Waals surface area (Å²) in [6.07, 6.45) is -0.147. The predicted octanol–water partition coefficient (Wildman–Crippen LogP) is 5.71. The molecule has 3 aromatic carbocycles. The van der Waals surface area contributed by atoms with E-state index in [1.165, 1.54) is 53.4 Å². The molecule has 2 N–H and O–H groups in total. The molecule has 0 aromatic heterocycles. The zero-order chi connectivity index (χ0) is 27.3. The van der Waals surface area contributed by atoms with Crippen molar-refractivity contribution < 1.29 is 33.0 Å². The fourth-order valence-electron chi connectivity index (χ4n) is 3.55. The predicted molar refractivity (Wildman–Crippen MR) is 140 cm³/mol. The number of anilines is 1. The van der Waals surface area contributed by atoms with Gasteiger partial charge in [0.15, 0.2) is 5.17 Å². The number of halogens is 3. The molecule has 8 nitrogen and oxygen atoms in total. The Morgan fingerprint density at radius 1 is 1.05 bits per heavy atom. The zero-order valence-corrected chi connectivity index (χ0v) is 21.1. The normalized spacial score (nSPS) is 16.5. The lowest BCUT2D eigenvalue weighted by Gasteiger charge is -2.17. The maximum atomic E-state index is 13.3. The minimum absolute atomic E-state index is 0.0814. The fourth-order valence-corrected chi connectivity index (χ4v) is 4.79. The van der Waals surface area contributed by atoms with Crippen molar-refractivity contribution in [3.8, 4) is 5.75 Å². The molecule has 0 radical (unpaired) electrons. The Labute approximate surface area is 225 Å². The highest BCUT2D eigenvalue weighted by Gasteiger charge is 2.39. The van der Waals surface area contributed by atoms with Crippen LogP contribution in [-0.4, -0.2) is 43.8 Å². The van der Waals surface area contributed by atoms with Gasteiger partial charge in [0.05, 0.1) is 17.8 Å². The summed E-state index contributed by atoms with van der Waals surface area (Å²) in [5.74, 6) is -1.98. The average molecular weight is 560 g/mol. The molecule has 1 fully saturated rings. The number of nitrogens with zero attached hydrogens (tertiary/aromatic N) is 2. The molecular weight excluding hydrogens is 540 g/mol. The standard InChI is InChI=1S/C26H20ClF2N3O5S/c27-26(28,29)37-20-12-10-19(11-13-20)31-25-32(15-16-4-2-1-3-5-16)23(34)21(38-25)14-22(33)30-18-8-6-17(7-9-18)24(35)36/h1-13,21H,14-15H2,(H,30,33)(H,35,36)/t21-/m0/s1. The van der Waals surface area contributed by atoms with Crippen LogP contribution in [0, 0.1) is 0 Å². The molecule has 0 aliphatic carbocycles. The highest BCUT2D eigenvalue weighted by Crippen LogP contribution is 2.34. The van der Waals surface area contributed by atoms with E-state index in [-0.39, 0.29) is 30.2 Å². The molecule has 4 rings (SSSR count). The molecule has 1 aliphatic heterocycles. The van der Waals surface area contributed by atoms with Crippen LogP contribution in [0.5, 0.6) is 5.75 Å². The highest BCUT2D eigenvalue weighted by molar-refractivity contribution is 8.15. The first-order chi connectivity index (χ1) is 18.1. The van der Waals surface area contributed by atoms with Crippen LogP contribution in [0.15, 0.2) is 83.9 Å². The molecule has 1 aliphatic rings. The van der Waals surface area contributed by atoms with E-state index >= 15 is 0 Å².